The second kappa shape index (κ2) is 5.42. The zero-order valence-electron chi connectivity index (χ0n) is 9.61. The van der Waals surface area contributed by atoms with Crippen molar-refractivity contribution in [3.8, 4) is 11.5 Å². The lowest BCUT2D eigenvalue weighted by atomic mass is 10.2. The first-order valence-electron chi connectivity index (χ1n) is 5.29. The van der Waals surface area contributed by atoms with Crippen LogP contribution in [0.5, 0.6) is 11.5 Å². The molecule has 0 unspecified atom stereocenters. The molecule has 0 heterocycles. The predicted octanol–water partition coefficient (Wildman–Crippen LogP) is 4.91. The monoisotopic (exact) mass is 280 g/mol. The van der Waals surface area contributed by atoms with Crippen LogP contribution in [-0.4, -0.2) is 6.29 Å². The van der Waals surface area contributed by atoms with Crippen molar-refractivity contribution < 1.29 is 9.53 Å². The smallest absolute Gasteiger partial charge is 0.156 e. The van der Waals surface area contributed by atoms with E-state index in [1.807, 2.05) is 13.0 Å². The minimum Gasteiger partial charge on any atom is -0.455 e. The van der Waals surface area contributed by atoms with E-state index in [-0.39, 0.29) is 0 Å². The highest BCUT2D eigenvalue weighted by atomic mass is 35.5. The largest absolute Gasteiger partial charge is 0.455 e. The summed E-state index contributed by atoms with van der Waals surface area (Å²) in [6.07, 6.45) is 0.709. The van der Waals surface area contributed by atoms with Gasteiger partial charge >= 0.3 is 0 Å². The summed E-state index contributed by atoms with van der Waals surface area (Å²) in [6, 6.07) is 10.3. The molecule has 2 rings (SSSR count). The number of para-hydroxylation sites is 1. The fourth-order valence-corrected chi connectivity index (χ4v) is 1.90. The molecule has 0 fully saturated rings. The minimum absolute atomic E-state index is 0.347. The summed E-state index contributed by atoms with van der Waals surface area (Å²) >= 11 is 11.9. The molecule has 0 radical (unpaired) electrons. The zero-order valence-corrected chi connectivity index (χ0v) is 11.1. The molecule has 18 heavy (non-hydrogen) atoms. The van der Waals surface area contributed by atoms with Gasteiger partial charge in [-0.2, -0.15) is 0 Å². The van der Waals surface area contributed by atoms with Crippen LogP contribution in [0.1, 0.15) is 15.9 Å². The molecule has 0 aromatic heterocycles. The number of halogens is 2. The average molecular weight is 281 g/mol. The van der Waals surface area contributed by atoms with E-state index in [2.05, 4.69) is 0 Å². The molecular weight excluding hydrogens is 271 g/mol. The Morgan fingerprint density at radius 3 is 2.67 bits per heavy atom. The van der Waals surface area contributed by atoms with E-state index >= 15 is 0 Å². The number of carbonyl (C=O) groups excluding carboxylic acids is 1. The molecule has 0 amide bonds. The van der Waals surface area contributed by atoms with Gasteiger partial charge in [0.25, 0.3) is 0 Å². The second-order valence-corrected chi connectivity index (χ2v) is 4.63. The van der Waals surface area contributed by atoms with Crippen molar-refractivity contribution in [2.24, 2.45) is 0 Å². The Morgan fingerprint density at radius 1 is 1.17 bits per heavy atom. The Balaban J connectivity index is 2.45. The number of benzene rings is 2. The number of hydrogen-bond acceptors (Lipinski definition) is 2. The molecule has 4 heteroatoms. The average Bonchev–Trinajstić information content (AvgIpc) is 2.36. The predicted molar refractivity (Wildman–Crippen MR) is 73.1 cm³/mol. The Morgan fingerprint density at radius 2 is 1.94 bits per heavy atom. The number of rotatable bonds is 3. The maximum absolute atomic E-state index is 11.0. The first kappa shape index (κ1) is 12.9. The summed E-state index contributed by atoms with van der Waals surface area (Å²) in [7, 11) is 0. The molecule has 0 spiro atoms. The molecule has 92 valence electrons. The maximum Gasteiger partial charge on any atom is 0.156 e. The Kier molecular flexibility index (Phi) is 3.90. The van der Waals surface area contributed by atoms with Gasteiger partial charge in [0, 0.05) is 5.02 Å². The highest BCUT2D eigenvalue weighted by molar-refractivity contribution is 6.32. The third kappa shape index (κ3) is 2.66. The van der Waals surface area contributed by atoms with Gasteiger partial charge in [-0.1, -0.05) is 35.3 Å². The second-order valence-electron chi connectivity index (χ2n) is 3.79. The van der Waals surface area contributed by atoms with E-state index in [0.717, 1.165) is 5.56 Å². The Labute approximate surface area is 115 Å². The summed E-state index contributed by atoms with van der Waals surface area (Å²) in [5, 5.41) is 0.953. The van der Waals surface area contributed by atoms with Crippen molar-refractivity contribution in [2.75, 3.05) is 0 Å². The maximum atomic E-state index is 11.0. The van der Waals surface area contributed by atoms with Crippen molar-refractivity contribution in [3.63, 3.8) is 0 Å². The molecule has 0 aliphatic rings. The van der Waals surface area contributed by atoms with Crippen LogP contribution >= 0.6 is 23.2 Å². The number of aldehydes is 1. The Hall–Kier alpha value is -1.51. The van der Waals surface area contributed by atoms with E-state index in [9.17, 15) is 4.79 Å². The minimum atomic E-state index is 0.347. The van der Waals surface area contributed by atoms with Crippen LogP contribution in [0.3, 0.4) is 0 Å². The van der Waals surface area contributed by atoms with Gasteiger partial charge in [0.2, 0.25) is 0 Å². The summed E-state index contributed by atoms with van der Waals surface area (Å²) in [4.78, 5) is 11.0. The molecule has 2 aromatic carbocycles. The fraction of sp³-hybridized carbons (Fsp3) is 0.0714. The molecule has 2 aromatic rings. The molecule has 0 saturated carbocycles. The van der Waals surface area contributed by atoms with E-state index in [4.69, 9.17) is 27.9 Å². The molecular formula is C14H10Cl2O2. The molecule has 0 atom stereocenters. The van der Waals surface area contributed by atoms with Gasteiger partial charge in [-0.15, -0.1) is 0 Å². The van der Waals surface area contributed by atoms with Gasteiger partial charge in [-0.3, -0.25) is 4.79 Å². The van der Waals surface area contributed by atoms with Crippen LogP contribution in [0.2, 0.25) is 10.0 Å². The lowest BCUT2D eigenvalue weighted by molar-refractivity contribution is 0.112. The Bertz CT molecular complexity index is 594. The van der Waals surface area contributed by atoms with Gasteiger partial charge in [-0.05, 0) is 36.8 Å². The van der Waals surface area contributed by atoms with Crippen molar-refractivity contribution in [1.82, 2.24) is 0 Å². The van der Waals surface area contributed by atoms with Crippen molar-refractivity contribution >= 4 is 29.5 Å². The number of carbonyl (C=O) groups is 1. The van der Waals surface area contributed by atoms with Gasteiger partial charge in [0.1, 0.15) is 5.75 Å². The van der Waals surface area contributed by atoms with Gasteiger partial charge in [-0.25, -0.2) is 0 Å². The first-order chi connectivity index (χ1) is 8.61. The standard InChI is InChI=1S/C14H10Cl2O2/c1-9-5-6-11(15)7-13(9)18-14-10(8-17)3-2-4-12(14)16/h2-8H,1H3. The van der Waals surface area contributed by atoms with Crippen molar-refractivity contribution in [2.45, 2.75) is 6.92 Å². The van der Waals surface area contributed by atoms with Gasteiger partial charge in [0.05, 0.1) is 10.6 Å². The summed E-state index contributed by atoms with van der Waals surface area (Å²) in [6.45, 7) is 1.89. The number of ether oxygens (including phenoxy) is 1. The summed E-state index contributed by atoms with van der Waals surface area (Å²) in [5.41, 5.74) is 1.32. The molecule has 0 aliphatic heterocycles. The lowest BCUT2D eigenvalue weighted by Gasteiger charge is -2.12. The van der Waals surface area contributed by atoms with Crippen LogP contribution in [0.4, 0.5) is 0 Å². The van der Waals surface area contributed by atoms with Gasteiger partial charge in [0.15, 0.2) is 12.0 Å². The molecule has 0 aliphatic carbocycles. The highest BCUT2D eigenvalue weighted by Crippen LogP contribution is 2.34. The van der Waals surface area contributed by atoms with E-state index in [1.165, 1.54) is 0 Å². The van der Waals surface area contributed by atoms with Crippen molar-refractivity contribution in [1.29, 1.82) is 0 Å². The van der Waals surface area contributed by atoms with Crippen molar-refractivity contribution in [3.05, 3.63) is 57.6 Å². The van der Waals surface area contributed by atoms with Crippen LogP contribution < -0.4 is 4.74 Å². The zero-order chi connectivity index (χ0) is 13.1. The molecule has 0 N–H and O–H groups in total. The van der Waals surface area contributed by atoms with E-state index in [1.54, 1.807) is 30.3 Å². The quantitative estimate of drug-likeness (QED) is 0.747. The summed E-state index contributed by atoms with van der Waals surface area (Å²) in [5.74, 6) is 0.929. The SMILES string of the molecule is Cc1ccc(Cl)cc1Oc1c(Cl)cccc1C=O. The first-order valence-corrected chi connectivity index (χ1v) is 6.05. The number of aryl methyl sites for hydroxylation is 1. The summed E-state index contributed by atoms with van der Waals surface area (Å²) < 4.78 is 5.70. The van der Waals surface area contributed by atoms with E-state index in [0.29, 0.717) is 33.4 Å². The molecule has 0 bridgehead atoms. The topological polar surface area (TPSA) is 26.3 Å². The van der Waals surface area contributed by atoms with Gasteiger partial charge < -0.3 is 4.74 Å². The normalized spacial score (nSPS) is 10.2. The molecule has 2 nitrogen and oxygen atoms in total. The number of hydrogen-bond donors (Lipinski definition) is 0. The van der Waals surface area contributed by atoms with Crippen LogP contribution in [0.25, 0.3) is 0 Å². The third-order valence-corrected chi connectivity index (χ3v) is 3.02. The fourth-order valence-electron chi connectivity index (χ4n) is 1.52. The van der Waals surface area contributed by atoms with Crippen LogP contribution in [-0.2, 0) is 0 Å². The lowest BCUT2D eigenvalue weighted by Crippen LogP contribution is -1.93. The highest BCUT2D eigenvalue weighted by Gasteiger charge is 2.10. The third-order valence-electron chi connectivity index (χ3n) is 2.49. The van der Waals surface area contributed by atoms with Crippen LogP contribution in [0.15, 0.2) is 36.4 Å². The van der Waals surface area contributed by atoms with E-state index < -0.39 is 0 Å². The molecule has 0 saturated heterocycles. The van der Waals surface area contributed by atoms with Crippen LogP contribution in [0, 0.1) is 6.92 Å².